The van der Waals surface area contributed by atoms with Crippen molar-refractivity contribution < 1.29 is 19.1 Å². The minimum atomic E-state index is -1.05. The predicted molar refractivity (Wildman–Crippen MR) is 96.8 cm³/mol. The molecule has 1 fully saturated rings. The summed E-state index contributed by atoms with van der Waals surface area (Å²) < 4.78 is 7.12. The number of aromatic nitrogens is 3. The standard InChI is InChI=1S/C19H20N4O4/c1-9-16-14(7-15(11-4-5-11)21-17(16)23(3)22-9)18(24)20-8-12-6-13(19(25)26)10(2)27-12/h6-7,11H,4-5,8H2,1-3H3,(H,20,24)(H,25,26). The van der Waals surface area contributed by atoms with Gasteiger partial charge in [0.2, 0.25) is 0 Å². The molecule has 3 aromatic rings. The minimum absolute atomic E-state index is 0.102. The average Bonchev–Trinajstić information content (AvgIpc) is 3.34. The maximum atomic E-state index is 12.9. The lowest BCUT2D eigenvalue weighted by Gasteiger charge is -2.08. The molecule has 0 unspecified atom stereocenters. The first-order valence-corrected chi connectivity index (χ1v) is 8.80. The van der Waals surface area contributed by atoms with Crippen LogP contribution in [0.5, 0.6) is 0 Å². The first kappa shape index (κ1) is 17.3. The number of carboxylic acid groups (broad SMARTS) is 1. The second-order valence-electron chi connectivity index (χ2n) is 6.95. The summed E-state index contributed by atoms with van der Waals surface area (Å²) in [7, 11) is 1.82. The van der Waals surface area contributed by atoms with Crippen molar-refractivity contribution in [2.75, 3.05) is 0 Å². The summed E-state index contributed by atoms with van der Waals surface area (Å²) in [6.45, 7) is 3.55. The smallest absolute Gasteiger partial charge is 0.339 e. The van der Waals surface area contributed by atoms with Crippen LogP contribution in [0.15, 0.2) is 16.5 Å². The number of hydrogen-bond acceptors (Lipinski definition) is 5. The summed E-state index contributed by atoms with van der Waals surface area (Å²) in [6, 6.07) is 3.28. The van der Waals surface area contributed by atoms with Crippen LogP contribution < -0.4 is 5.32 Å². The van der Waals surface area contributed by atoms with E-state index in [1.165, 1.54) is 6.07 Å². The molecule has 0 bridgehead atoms. The van der Waals surface area contributed by atoms with E-state index in [-0.39, 0.29) is 18.0 Å². The van der Waals surface area contributed by atoms with Crippen LogP contribution >= 0.6 is 0 Å². The number of nitrogens with one attached hydrogen (secondary N) is 1. The molecule has 0 saturated heterocycles. The molecule has 8 heteroatoms. The number of fused-ring (bicyclic) bond motifs is 1. The van der Waals surface area contributed by atoms with Crippen molar-refractivity contribution in [3.63, 3.8) is 0 Å². The van der Waals surface area contributed by atoms with Crippen molar-refractivity contribution >= 4 is 22.9 Å². The molecule has 0 aliphatic heterocycles. The second-order valence-corrected chi connectivity index (χ2v) is 6.95. The summed E-state index contributed by atoms with van der Waals surface area (Å²) in [5, 5.41) is 17.1. The van der Waals surface area contributed by atoms with E-state index in [0.29, 0.717) is 28.6 Å². The first-order chi connectivity index (χ1) is 12.8. The van der Waals surface area contributed by atoms with E-state index in [1.807, 2.05) is 20.0 Å². The number of hydrogen-bond donors (Lipinski definition) is 2. The van der Waals surface area contributed by atoms with Gasteiger partial charge >= 0.3 is 5.97 Å². The highest BCUT2D eigenvalue weighted by Gasteiger charge is 2.28. The van der Waals surface area contributed by atoms with Crippen LogP contribution in [0.4, 0.5) is 0 Å². The van der Waals surface area contributed by atoms with Crippen LogP contribution in [0.25, 0.3) is 11.0 Å². The highest BCUT2D eigenvalue weighted by Crippen LogP contribution is 2.40. The van der Waals surface area contributed by atoms with Gasteiger partial charge in [-0.15, -0.1) is 0 Å². The van der Waals surface area contributed by atoms with E-state index in [9.17, 15) is 9.59 Å². The van der Waals surface area contributed by atoms with E-state index in [2.05, 4.69) is 15.4 Å². The van der Waals surface area contributed by atoms with Gasteiger partial charge in [0.05, 0.1) is 23.2 Å². The minimum Gasteiger partial charge on any atom is -0.478 e. The fourth-order valence-electron chi connectivity index (χ4n) is 3.34. The van der Waals surface area contributed by atoms with Crippen molar-refractivity contribution in [3.8, 4) is 0 Å². The number of amides is 1. The largest absolute Gasteiger partial charge is 0.478 e. The molecule has 1 aliphatic carbocycles. The third kappa shape index (κ3) is 3.07. The van der Waals surface area contributed by atoms with Crippen molar-refractivity contribution in [3.05, 3.63) is 46.2 Å². The van der Waals surface area contributed by atoms with Crippen LogP contribution in [-0.4, -0.2) is 31.7 Å². The van der Waals surface area contributed by atoms with Crippen molar-refractivity contribution in [2.24, 2.45) is 7.05 Å². The number of carbonyl (C=O) groups excluding carboxylic acids is 1. The van der Waals surface area contributed by atoms with Crippen LogP contribution in [0.2, 0.25) is 0 Å². The first-order valence-electron chi connectivity index (χ1n) is 8.80. The quantitative estimate of drug-likeness (QED) is 0.716. The molecule has 0 radical (unpaired) electrons. The number of nitrogens with zero attached hydrogens (tertiary/aromatic N) is 3. The summed E-state index contributed by atoms with van der Waals surface area (Å²) in [4.78, 5) is 28.7. The Morgan fingerprint density at radius 3 is 2.67 bits per heavy atom. The maximum Gasteiger partial charge on any atom is 0.339 e. The van der Waals surface area contributed by atoms with E-state index in [1.54, 1.807) is 11.6 Å². The molecule has 0 spiro atoms. The monoisotopic (exact) mass is 368 g/mol. The van der Waals surface area contributed by atoms with E-state index >= 15 is 0 Å². The molecule has 1 aliphatic rings. The molecule has 140 valence electrons. The lowest BCUT2D eigenvalue weighted by Crippen LogP contribution is -2.23. The fourth-order valence-corrected chi connectivity index (χ4v) is 3.34. The number of aryl methyl sites for hydroxylation is 3. The highest BCUT2D eigenvalue weighted by molar-refractivity contribution is 6.06. The van der Waals surface area contributed by atoms with Gasteiger partial charge in [-0.25, -0.2) is 9.78 Å². The second kappa shape index (κ2) is 6.22. The van der Waals surface area contributed by atoms with Crippen LogP contribution in [0.3, 0.4) is 0 Å². The van der Waals surface area contributed by atoms with Crippen molar-refractivity contribution in [2.45, 2.75) is 39.2 Å². The zero-order valence-corrected chi connectivity index (χ0v) is 15.4. The van der Waals surface area contributed by atoms with Gasteiger partial charge in [-0.05, 0) is 38.8 Å². The number of rotatable bonds is 5. The molecule has 0 aromatic carbocycles. The molecule has 0 atom stereocenters. The van der Waals surface area contributed by atoms with Crippen LogP contribution in [0, 0.1) is 13.8 Å². The van der Waals surface area contributed by atoms with E-state index < -0.39 is 5.97 Å². The summed E-state index contributed by atoms with van der Waals surface area (Å²) >= 11 is 0. The SMILES string of the molecule is Cc1oc(CNC(=O)c2cc(C3CC3)nc3c2c(C)nn3C)cc1C(=O)O. The van der Waals surface area contributed by atoms with Crippen molar-refractivity contribution in [1.82, 2.24) is 20.1 Å². The number of furan rings is 1. The summed E-state index contributed by atoms with van der Waals surface area (Å²) in [5.74, 6) is -0.191. The van der Waals surface area contributed by atoms with Gasteiger partial charge in [-0.1, -0.05) is 0 Å². The van der Waals surface area contributed by atoms with Gasteiger partial charge in [0.15, 0.2) is 5.65 Å². The number of aromatic carboxylic acids is 1. The highest BCUT2D eigenvalue weighted by atomic mass is 16.4. The Labute approximate surface area is 155 Å². The molecule has 1 amide bonds. The third-order valence-electron chi connectivity index (χ3n) is 4.85. The summed E-state index contributed by atoms with van der Waals surface area (Å²) in [5.41, 5.74) is 3.00. The Morgan fingerprint density at radius 2 is 2.04 bits per heavy atom. The normalized spacial score (nSPS) is 13.9. The summed E-state index contributed by atoms with van der Waals surface area (Å²) in [6.07, 6.45) is 2.17. The molecule has 3 aromatic heterocycles. The molecule has 8 nitrogen and oxygen atoms in total. The molecular formula is C19H20N4O4. The average molecular weight is 368 g/mol. The number of carbonyl (C=O) groups is 2. The zero-order chi connectivity index (χ0) is 19.3. The lowest BCUT2D eigenvalue weighted by atomic mass is 10.1. The van der Waals surface area contributed by atoms with E-state index in [4.69, 9.17) is 9.52 Å². The Kier molecular flexibility index (Phi) is 3.98. The van der Waals surface area contributed by atoms with Gasteiger partial charge in [-0.3, -0.25) is 9.48 Å². The number of pyridine rings is 1. The lowest BCUT2D eigenvalue weighted by molar-refractivity contribution is 0.0694. The maximum absolute atomic E-state index is 12.9. The van der Waals surface area contributed by atoms with Gasteiger partial charge in [0.25, 0.3) is 5.91 Å². The molecule has 1 saturated carbocycles. The number of carboxylic acids is 1. The molecule has 3 heterocycles. The molecule has 27 heavy (non-hydrogen) atoms. The van der Waals surface area contributed by atoms with Gasteiger partial charge in [-0.2, -0.15) is 5.10 Å². The Bertz CT molecular complexity index is 1080. The molecule has 2 N–H and O–H groups in total. The van der Waals surface area contributed by atoms with Gasteiger partial charge in [0, 0.05) is 18.7 Å². The molecular weight excluding hydrogens is 348 g/mol. The van der Waals surface area contributed by atoms with Gasteiger partial charge in [0.1, 0.15) is 17.1 Å². The fraction of sp³-hybridized carbons (Fsp3) is 0.368. The Balaban J connectivity index is 1.64. The topological polar surface area (TPSA) is 110 Å². The molecule has 4 rings (SSSR count). The van der Waals surface area contributed by atoms with Crippen LogP contribution in [-0.2, 0) is 13.6 Å². The predicted octanol–water partition coefficient (Wildman–Crippen LogP) is 2.68. The van der Waals surface area contributed by atoms with Gasteiger partial charge < -0.3 is 14.8 Å². The Hall–Kier alpha value is -3.16. The van der Waals surface area contributed by atoms with Crippen molar-refractivity contribution in [1.29, 1.82) is 0 Å². The zero-order valence-electron chi connectivity index (χ0n) is 15.4. The Morgan fingerprint density at radius 1 is 1.30 bits per heavy atom. The van der Waals surface area contributed by atoms with E-state index in [0.717, 1.165) is 29.6 Å². The van der Waals surface area contributed by atoms with Crippen LogP contribution in [0.1, 0.15) is 62.4 Å². The third-order valence-corrected chi connectivity index (χ3v) is 4.85.